The van der Waals surface area contributed by atoms with E-state index in [2.05, 4.69) is 0 Å². The molecule has 20 heavy (non-hydrogen) atoms. The SMILES string of the molecule is CCS(=O)(=O)[C@@H]1[C@H](c2ccc(OC)cc2)[C@]1(C#N)CO. The molecule has 0 heterocycles. The molecule has 0 amide bonds. The quantitative estimate of drug-likeness (QED) is 0.879. The van der Waals surface area contributed by atoms with Gasteiger partial charge in [0.05, 0.1) is 25.0 Å². The van der Waals surface area contributed by atoms with Crippen molar-refractivity contribution in [2.24, 2.45) is 5.41 Å². The van der Waals surface area contributed by atoms with Gasteiger partial charge in [0.1, 0.15) is 11.2 Å². The molecule has 0 radical (unpaired) electrons. The third-order valence-electron chi connectivity index (χ3n) is 3.99. The normalized spacial score (nSPS) is 28.7. The fourth-order valence-electron chi connectivity index (χ4n) is 2.75. The lowest BCUT2D eigenvalue weighted by atomic mass is 10.0. The van der Waals surface area contributed by atoms with E-state index < -0.39 is 33.0 Å². The average molecular weight is 295 g/mol. The molecule has 0 aliphatic heterocycles. The van der Waals surface area contributed by atoms with Crippen molar-refractivity contribution in [1.29, 1.82) is 5.26 Å². The second-order valence-corrected chi connectivity index (χ2v) is 7.34. The number of benzene rings is 1. The zero-order chi connectivity index (χ0) is 15.0. The number of ether oxygens (including phenoxy) is 1. The van der Waals surface area contributed by atoms with Crippen LogP contribution >= 0.6 is 0 Å². The Bertz CT molecular complexity index is 632. The summed E-state index contributed by atoms with van der Waals surface area (Å²) in [5.41, 5.74) is -0.480. The smallest absolute Gasteiger partial charge is 0.155 e. The van der Waals surface area contributed by atoms with Crippen LogP contribution < -0.4 is 4.74 Å². The van der Waals surface area contributed by atoms with Crippen LogP contribution in [0.25, 0.3) is 0 Å². The molecule has 2 rings (SSSR count). The van der Waals surface area contributed by atoms with Gasteiger partial charge in [-0.25, -0.2) is 8.42 Å². The van der Waals surface area contributed by atoms with Crippen molar-refractivity contribution in [3.05, 3.63) is 29.8 Å². The Kier molecular flexibility index (Phi) is 3.76. The monoisotopic (exact) mass is 295 g/mol. The second-order valence-electron chi connectivity index (χ2n) is 4.93. The number of methoxy groups -OCH3 is 1. The molecule has 0 aromatic heterocycles. The minimum Gasteiger partial charge on any atom is -0.497 e. The zero-order valence-electron chi connectivity index (χ0n) is 11.4. The molecule has 3 atom stereocenters. The Balaban J connectivity index is 2.42. The molecule has 6 heteroatoms. The van der Waals surface area contributed by atoms with Crippen molar-refractivity contribution < 1.29 is 18.3 Å². The first-order valence-corrected chi connectivity index (χ1v) is 8.06. The lowest BCUT2D eigenvalue weighted by Crippen LogP contribution is -2.19. The summed E-state index contributed by atoms with van der Waals surface area (Å²) in [6.45, 7) is 1.10. The molecule has 1 saturated carbocycles. The standard InChI is InChI=1S/C14H17NO4S/c1-3-20(17,18)13-12(14(13,8-15)9-16)10-4-6-11(19-2)7-5-10/h4-7,12-13,16H,3,9H2,1-2H3/t12-,13+,14-/m0/s1. The fraction of sp³-hybridized carbons (Fsp3) is 0.500. The molecule has 0 bridgehead atoms. The van der Waals surface area contributed by atoms with Crippen molar-refractivity contribution in [1.82, 2.24) is 0 Å². The van der Waals surface area contributed by atoms with Gasteiger partial charge in [0.15, 0.2) is 9.84 Å². The van der Waals surface area contributed by atoms with Crippen molar-refractivity contribution in [3.8, 4) is 11.8 Å². The van der Waals surface area contributed by atoms with E-state index in [9.17, 15) is 18.8 Å². The van der Waals surface area contributed by atoms with Gasteiger partial charge in [-0.15, -0.1) is 0 Å². The van der Waals surface area contributed by atoms with Gasteiger partial charge in [0.2, 0.25) is 0 Å². The Labute approximate surface area is 118 Å². The Morgan fingerprint density at radius 1 is 1.40 bits per heavy atom. The van der Waals surface area contributed by atoms with E-state index in [1.54, 1.807) is 38.3 Å². The van der Waals surface area contributed by atoms with E-state index in [0.29, 0.717) is 5.75 Å². The number of nitrogens with zero attached hydrogens (tertiary/aromatic N) is 1. The van der Waals surface area contributed by atoms with Crippen LogP contribution in [0, 0.1) is 16.7 Å². The van der Waals surface area contributed by atoms with Crippen LogP contribution in [-0.4, -0.2) is 38.2 Å². The molecular formula is C14H17NO4S. The van der Waals surface area contributed by atoms with Gasteiger partial charge in [0.25, 0.3) is 0 Å². The molecule has 0 spiro atoms. The lowest BCUT2D eigenvalue weighted by Gasteiger charge is -2.04. The first-order chi connectivity index (χ1) is 9.46. The molecule has 1 aliphatic rings. The van der Waals surface area contributed by atoms with Gasteiger partial charge in [0, 0.05) is 11.7 Å². The van der Waals surface area contributed by atoms with Crippen molar-refractivity contribution >= 4 is 9.84 Å². The molecule has 1 aromatic rings. The van der Waals surface area contributed by atoms with E-state index in [1.807, 2.05) is 6.07 Å². The number of hydrogen-bond donors (Lipinski definition) is 1. The molecule has 1 fully saturated rings. The number of aliphatic hydroxyl groups is 1. The minimum absolute atomic E-state index is 0.0340. The van der Waals surface area contributed by atoms with Crippen LogP contribution in [0.1, 0.15) is 18.4 Å². The van der Waals surface area contributed by atoms with Gasteiger partial charge in [-0.3, -0.25) is 0 Å². The Morgan fingerprint density at radius 2 is 2.00 bits per heavy atom. The number of hydrogen-bond acceptors (Lipinski definition) is 5. The summed E-state index contributed by atoms with van der Waals surface area (Å²) in [6, 6.07) is 8.95. The Hall–Kier alpha value is -1.58. The summed E-state index contributed by atoms with van der Waals surface area (Å²) in [7, 11) is -1.84. The second kappa shape index (κ2) is 5.08. The molecule has 1 aliphatic carbocycles. The highest BCUT2D eigenvalue weighted by Gasteiger charge is 2.71. The van der Waals surface area contributed by atoms with E-state index in [1.165, 1.54) is 0 Å². The first kappa shape index (κ1) is 14.8. The van der Waals surface area contributed by atoms with Gasteiger partial charge < -0.3 is 9.84 Å². The fourth-order valence-corrected chi connectivity index (χ4v) is 4.76. The summed E-state index contributed by atoms with van der Waals surface area (Å²) in [6.07, 6.45) is 0. The van der Waals surface area contributed by atoms with Gasteiger partial charge >= 0.3 is 0 Å². The van der Waals surface area contributed by atoms with Crippen molar-refractivity contribution in [2.45, 2.75) is 18.1 Å². The summed E-state index contributed by atoms with van der Waals surface area (Å²) in [4.78, 5) is 0. The summed E-state index contributed by atoms with van der Waals surface area (Å²) >= 11 is 0. The van der Waals surface area contributed by atoms with Crippen LogP contribution in [0.15, 0.2) is 24.3 Å². The van der Waals surface area contributed by atoms with Crippen LogP contribution in [0.2, 0.25) is 0 Å². The number of aliphatic hydroxyl groups excluding tert-OH is 1. The molecule has 0 unspecified atom stereocenters. The highest BCUT2D eigenvalue weighted by molar-refractivity contribution is 7.92. The van der Waals surface area contributed by atoms with Gasteiger partial charge in [-0.2, -0.15) is 5.26 Å². The van der Waals surface area contributed by atoms with Crippen molar-refractivity contribution in [2.75, 3.05) is 19.5 Å². The molecule has 0 saturated heterocycles. The highest BCUT2D eigenvalue weighted by Crippen LogP contribution is 2.62. The highest BCUT2D eigenvalue weighted by atomic mass is 32.2. The summed E-state index contributed by atoms with van der Waals surface area (Å²) < 4.78 is 29.3. The van der Waals surface area contributed by atoms with Gasteiger partial charge in [-0.1, -0.05) is 19.1 Å². The maximum absolute atomic E-state index is 12.1. The predicted octanol–water partition coefficient (Wildman–Crippen LogP) is 1.10. The molecule has 5 nitrogen and oxygen atoms in total. The molecular weight excluding hydrogens is 278 g/mol. The molecule has 1 N–H and O–H groups in total. The molecule has 1 aromatic carbocycles. The lowest BCUT2D eigenvalue weighted by molar-refractivity contribution is 0.242. The third kappa shape index (κ3) is 2.07. The van der Waals surface area contributed by atoms with E-state index >= 15 is 0 Å². The maximum Gasteiger partial charge on any atom is 0.155 e. The predicted molar refractivity (Wildman–Crippen MR) is 74.1 cm³/mol. The number of sulfone groups is 1. The average Bonchev–Trinajstić information content (AvgIpc) is 3.18. The van der Waals surface area contributed by atoms with Gasteiger partial charge in [-0.05, 0) is 17.7 Å². The van der Waals surface area contributed by atoms with E-state index in [0.717, 1.165) is 5.56 Å². The van der Waals surface area contributed by atoms with E-state index in [-0.39, 0.29) is 5.75 Å². The minimum atomic E-state index is -3.38. The van der Waals surface area contributed by atoms with Crippen LogP contribution in [0.5, 0.6) is 5.75 Å². The zero-order valence-corrected chi connectivity index (χ0v) is 12.2. The number of nitriles is 1. The van der Waals surface area contributed by atoms with Crippen LogP contribution in [-0.2, 0) is 9.84 Å². The van der Waals surface area contributed by atoms with Crippen LogP contribution in [0.3, 0.4) is 0 Å². The Morgan fingerprint density at radius 3 is 2.40 bits per heavy atom. The van der Waals surface area contributed by atoms with Crippen LogP contribution in [0.4, 0.5) is 0 Å². The topological polar surface area (TPSA) is 87.4 Å². The summed E-state index contributed by atoms with van der Waals surface area (Å²) in [5.74, 6) is 0.150. The molecule has 108 valence electrons. The van der Waals surface area contributed by atoms with Crippen molar-refractivity contribution in [3.63, 3.8) is 0 Å². The third-order valence-corrected chi connectivity index (χ3v) is 6.26. The largest absolute Gasteiger partial charge is 0.497 e. The summed E-state index contributed by atoms with van der Waals surface area (Å²) in [5, 5.41) is 18.0. The maximum atomic E-state index is 12.1. The van der Waals surface area contributed by atoms with E-state index in [4.69, 9.17) is 4.74 Å². The first-order valence-electron chi connectivity index (χ1n) is 6.34. The number of rotatable bonds is 5.